The molecule has 0 fully saturated rings. The number of hydrogen-bond donors (Lipinski definition) is 0. The van der Waals surface area contributed by atoms with E-state index in [4.69, 9.17) is 4.74 Å². The molecule has 146 valence electrons. The lowest BCUT2D eigenvalue weighted by molar-refractivity contribution is -0.384. The fourth-order valence-electron chi connectivity index (χ4n) is 2.97. The fraction of sp³-hybridized carbons (Fsp3) is 0.333. The van der Waals surface area contributed by atoms with Gasteiger partial charge in [0.05, 0.1) is 4.92 Å². The van der Waals surface area contributed by atoms with Crippen LogP contribution in [0.4, 0.5) is 17.3 Å². The number of carbonyl (C=O) groups is 2. The van der Waals surface area contributed by atoms with Crippen molar-refractivity contribution in [1.29, 1.82) is 0 Å². The van der Waals surface area contributed by atoms with Crippen LogP contribution in [0.2, 0.25) is 0 Å². The summed E-state index contributed by atoms with van der Waals surface area (Å²) in [5, 5.41) is 10.9. The first-order valence-electron chi connectivity index (χ1n) is 8.67. The second kappa shape index (κ2) is 8.42. The zero-order chi connectivity index (χ0) is 20.1. The van der Waals surface area contributed by atoms with E-state index in [1.54, 1.807) is 31.6 Å². The summed E-state index contributed by atoms with van der Waals surface area (Å²) < 4.78 is 5.09. The maximum atomic E-state index is 12.5. The number of amides is 1. The minimum absolute atomic E-state index is 0.00866. The number of nitro groups is 1. The van der Waals surface area contributed by atoms with Crippen molar-refractivity contribution in [1.82, 2.24) is 9.97 Å². The van der Waals surface area contributed by atoms with Crippen molar-refractivity contribution < 1.29 is 19.2 Å². The topological polar surface area (TPSA) is 119 Å². The largest absolute Gasteiger partial charge is 0.454 e. The van der Waals surface area contributed by atoms with Crippen LogP contribution in [0.1, 0.15) is 12.0 Å². The average Bonchev–Trinajstić information content (AvgIpc) is 2.71. The fourth-order valence-corrected chi connectivity index (χ4v) is 2.97. The lowest BCUT2D eigenvalue weighted by atomic mass is 10.0. The van der Waals surface area contributed by atoms with E-state index in [0.717, 1.165) is 5.56 Å². The number of aromatic nitrogens is 2. The summed E-state index contributed by atoms with van der Waals surface area (Å²) in [6, 6.07) is 6.08. The molecule has 0 radical (unpaired) electrons. The van der Waals surface area contributed by atoms with E-state index in [1.807, 2.05) is 0 Å². The zero-order valence-electron chi connectivity index (χ0n) is 15.3. The van der Waals surface area contributed by atoms with Crippen molar-refractivity contribution in [3.8, 4) is 0 Å². The van der Waals surface area contributed by atoms with Gasteiger partial charge in [-0.05, 0) is 30.5 Å². The van der Waals surface area contributed by atoms with Gasteiger partial charge in [0.15, 0.2) is 6.61 Å². The first kappa shape index (κ1) is 19.2. The Balaban J connectivity index is 1.58. The molecule has 2 heterocycles. The van der Waals surface area contributed by atoms with Crippen molar-refractivity contribution in [2.24, 2.45) is 0 Å². The number of rotatable bonds is 6. The number of fused-ring (bicyclic) bond motifs is 1. The Kier molecular flexibility index (Phi) is 5.78. The molecule has 3 rings (SSSR count). The predicted octanol–water partition coefficient (Wildman–Crippen LogP) is 1.34. The molecule has 0 N–H and O–H groups in total. The smallest absolute Gasteiger partial charge is 0.326 e. The summed E-state index contributed by atoms with van der Waals surface area (Å²) in [6.45, 7) is -0.0300. The zero-order valence-corrected chi connectivity index (χ0v) is 15.3. The van der Waals surface area contributed by atoms with Crippen LogP contribution in [0.25, 0.3) is 0 Å². The van der Waals surface area contributed by atoms with Crippen LogP contribution in [0.3, 0.4) is 0 Å². The Bertz CT molecular complexity index is 889. The first-order valence-corrected chi connectivity index (χ1v) is 8.67. The number of esters is 1. The third kappa shape index (κ3) is 4.40. The molecule has 0 bridgehead atoms. The molecule has 0 unspecified atom stereocenters. The highest BCUT2D eigenvalue weighted by Crippen LogP contribution is 2.30. The van der Waals surface area contributed by atoms with Gasteiger partial charge in [-0.25, -0.2) is 9.97 Å². The number of benzene rings is 1. The van der Waals surface area contributed by atoms with E-state index < -0.39 is 17.5 Å². The number of nitrogens with zero attached hydrogens (tertiary/aromatic N) is 5. The molecule has 0 atom stereocenters. The monoisotopic (exact) mass is 385 g/mol. The lowest BCUT2D eigenvalue weighted by Crippen LogP contribution is -2.39. The standard InChI is InChI=1S/C18H19N5O5/c1-21(18-19-7-3-8-20-18)11-17(25)28-12-16(24)22-9-2-4-13-10-14(23(26)27)5-6-15(13)22/h3,5-8,10H,2,4,9,11-12H2,1H3. The third-order valence-electron chi connectivity index (χ3n) is 4.31. The summed E-state index contributed by atoms with van der Waals surface area (Å²) in [5.41, 5.74) is 1.35. The summed E-state index contributed by atoms with van der Waals surface area (Å²) in [6.07, 6.45) is 4.46. The lowest BCUT2D eigenvalue weighted by Gasteiger charge is -2.29. The number of likely N-dealkylation sites (N-methyl/N-ethyl adjacent to an activating group) is 1. The van der Waals surface area contributed by atoms with Gasteiger partial charge in [0, 0.05) is 43.8 Å². The van der Waals surface area contributed by atoms with E-state index >= 15 is 0 Å². The van der Waals surface area contributed by atoms with Crippen LogP contribution in [-0.2, 0) is 20.7 Å². The van der Waals surface area contributed by atoms with Gasteiger partial charge in [0.2, 0.25) is 5.95 Å². The molecular weight excluding hydrogens is 366 g/mol. The molecule has 10 nitrogen and oxygen atoms in total. The Morgan fingerprint density at radius 3 is 2.79 bits per heavy atom. The maximum absolute atomic E-state index is 12.5. The number of hydrogen-bond acceptors (Lipinski definition) is 8. The highest BCUT2D eigenvalue weighted by atomic mass is 16.6. The van der Waals surface area contributed by atoms with Crippen molar-refractivity contribution in [2.75, 3.05) is 36.5 Å². The minimum atomic E-state index is -0.579. The molecule has 0 saturated carbocycles. The molecule has 10 heteroatoms. The van der Waals surface area contributed by atoms with Gasteiger partial charge in [-0.15, -0.1) is 0 Å². The van der Waals surface area contributed by atoms with Crippen LogP contribution >= 0.6 is 0 Å². The van der Waals surface area contributed by atoms with Gasteiger partial charge in [-0.2, -0.15) is 0 Å². The molecule has 1 aromatic carbocycles. The van der Waals surface area contributed by atoms with Crippen LogP contribution in [0.15, 0.2) is 36.7 Å². The van der Waals surface area contributed by atoms with Crippen molar-refractivity contribution in [2.45, 2.75) is 12.8 Å². The molecule has 1 aromatic heterocycles. The van der Waals surface area contributed by atoms with Crippen LogP contribution in [-0.4, -0.2) is 53.5 Å². The second-order valence-electron chi connectivity index (χ2n) is 6.28. The SMILES string of the molecule is CN(CC(=O)OCC(=O)N1CCCc2cc([N+](=O)[O-])ccc21)c1ncccn1. The quantitative estimate of drug-likeness (QED) is 0.415. The highest BCUT2D eigenvalue weighted by Gasteiger charge is 2.25. The summed E-state index contributed by atoms with van der Waals surface area (Å²) in [4.78, 5) is 46.1. The molecule has 1 aliphatic heterocycles. The Labute approximate surface area is 160 Å². The average molecular weight is 385 g/mol. The van der Waals surface area contributed by atoms with Crippen molar-refractivity contribution in [3.05, 3.63) is 52.3 Å². The van der Waals surface area contributed by atoms with E-state index in [0.29, 0.717) is 31.0 Å². The Hall–Kier alpha value is -3.56. The van der Waals surface area contributed by atoms with E-state index in [-0.39, 0.29) is 18.1 Å². The number of carbonyl (C=O) groups excluding carboxylic acids is 2. The molecule has 0 aliphatic carbocycles. The minimum Gasteiger partial charge on any atom is -0.454 e. The molecule has 0 saturated heterocycles. The van der Waals surface area contributed by atoms with E-state index in [1.165, 1.54) is 21.9 Å². The Morgan fingerprint density at radius 2 is 2.07 bits per heavy atom. The summed E-state index contributed by atoms with van der Waals surface area (Å²) >= 11 is 0. The van der Waals surface area contributed by atoms with Gasteiger partial charge >= 0.3 is 5.97 Å². The van der Waals surface area contributed by atoms with Crippen molar-refractivity contribution >= 4 is 29.2 Å². The summed E-state index contributed by atoms with van der Waals surface area (Å²) in [7, 11) is 1.65. The van der Waals surface area contributed by atoms with Crippen LogP contribution in [0.5, 0.6) is 0 Å². The summed E-state index contributed by atoms with van der Waals surface area (Å²) in [5.74, 6) is -0.580. The Morgan fingerprint density at radius 1 is 1.32 bits per heavy atom. The number of anilines is 2. The second-order valence-corrected chi connectivity index (χ2v) is 6.28. The van der Waals surface area contributed by atoms with Crippen molar-refractivity contribution in [3.63, 3.8) is 0 Å². The van der Waals surface area contributed by atoms with Gasteiger partial charge in [0.1, 0.15) is 6.54 Å². The maximum Gasteiger partial charge on any atom is 0.326 e. The van der Waals surface area contributed by atoms with Gasteiger partial charge in [-0.1, -0.05) is 0 Å². The molecule has 2 aromatic rings. The molecular formula is C18H19N5O5. The first-order chi connectivity index (χ1) is 13.5. The van der Waals surface area contributed by atoms with Gasteiger partial charge in [0.25, 0.3) is 11.6 Å². The van der Waals surface area contributed by atoms with Gasteiger partial charge < -0.3 is 14.5 Å². The van der Waals surface area contributed by atoms with E-state index in [9.17, 15) is 19.7 Å². The number of nitro benzene ring substituents is 1. The molecule has 1 aliphatic rings. The predicted molar refractivity (Wildman–Crippen MR) is 100 cm³/mol. The molecule has 1 amide bonds. The van der Waals surface area contributed by atoms with Crippen LogP contribution < -0.4 is 9.80 Å². The molecule has 28 heavy (non-hydrogen) atoms. The highest BCUT2D eigenvalue weighted by molar-refractivity contribution is 5.96. The van der Waals surface area contributed by atoms with E-state index in [2.05, 4.69) is 9.97 Å². The third-order valence-corrected chi connectivity index (χ3v) is 4.31. The number of aryl methyl sites for hydroxylation is 1. The normalized spacial score (nSPS) is 12.8. The molecule has 0 spiro atoms. The van der Waals surface area contributed by atoms with Crippen LogP contribution in [0, 0.1) is 10.1 Å². The van der Waals surface area contributed by atoms with Gasteiger partial charge in [-0.3, -0.25) is 19.7 Å². The number of ether oxygens (including phenoxy) is 1. The number of non-ortho nitro benzene ring substituents is 1.